The third-order valence-corrected chi connectivity index (χ3v) is 7.15. The van der Waals surface area contributed by atoms with Gasteiger partial charge >= 0.3 is 6.09 Å². The molecule has 2 atom stereocenters. The Bertz CT molecular complexity index is 863. The number of nitrogens with one attached hydrogen (secondary N) is 4. The highest BCUT2D eigenvalue weighted by Gasteiger charge is 2.37. The van der Waals surface area contributed by atoms with Gasteiger partial charge in [-0.05, 0) is 25.7 Å². The zero-order chi connectivity index (χ0) is 28.3. The number of aromatic amines is 1. The van der Waals surface area contributed by atoms with E-state index in [4.69, 9.17) is 0 Å². The van der Waals surface area contributed by atoms with Gasteiger partial charge in [-0.3, -0.25) is 14.4 Å². The molecule has 2 heterocycles. The number of H-pyrrole nitrogens is 1. The Labute approximate surface area is 232 Å². The van der Waals surface area contributed by atoms with Crippen LogP contribution in [0.25, 0.3) is 0 Å². The molecule has 0 radical (unpaired) electrons. The number of carbonyl (C=O) groups excluding carboxylic acids is 3. The summed E-state index contributed by atoms with van der Waals surface area (Å²) in [6.07, 6.45) is 16.4. The van der Waals surface area contributed by atoms with E-state index in [1.807, 2.05) is 0 Å². The second kappa shape index (κ2) is 19.0. The van der Waals surface area contributed by atoms with Gasteiger partial charge < -0.3 is 30.9 Å². The van der Waals surface area contributed by atoms with Crippen LogP contribution in [-0.4, -0.2) is 75.5 Å². The Balaban J connectivity index is 1.59. The van der Waals surface area contributed by atoms with Crippen LogP contribution in [0.4, 0.5) is 4.79 Å². The van der Waals surface area contributed by atoms with Crippen LogP contribution in [-0.2, 0) is 20.8 Å². The molecule has 5 N–H and O–H groups in total. The lowest BCUT2D eigenvalue weighted by atomic mass is 10.1. The highest BCUT2D eigenvalue weighted by atomic mass is 16.4. The van der Waals surface area contributed by atoms with E-state index in [0.717, 1.165) is 12.8 Å². The number of aromatic nitrogens is 2. The highest BCUT2D eigenvalue weighted by Crippen LogP contribution is 2.19. The first-order chi connectivity index (χ1) is 18.9. The topological polar surface area (TPSA) is 157 Å². The van der Waals surface area contributed by atoms with Crippen molar-refractivity contribution >= 4 is 23.8 Å². The van der Waals surface area contributed by atoms with Gasteiger partial charge in [0, 0.05) is 44.4 Å². The Hall–Kier alpha value is -3.11. The number of rotatable bonds is 20. The van der Waals surface area contributed by atoms with Gasteiger partial charge in [-0.2, -0.15) is 0 Å². The largest absolute Gasteiger partial charge is 0.465 e. The molecule has 39 heavy (non-hydrogen) atoms. The van der Waals surface area contributed by atoms with Gasteiger partial charge in [0.1, 0.15) is 12.1 Å². The molecule has 0 aromatic carbocycles. The van der Waals surface area contributed by atoms with Crippen LogP contribution in [0, 0.1) is 0 Å². The third kappa shape index (κ3) is 13.0. The molecule has 220 valence electrons. The van der Waals surface area contributed by atoms with E-state index >= 15 is 0 Å². The van der Waals surface area contributed by atoms with Crippen LogP contribution in [0.15, 0.2) is 12.5 Å². The molecule has 0 unspecified atom stereocenters. The van der Waals surface area contributed by atoms with Gasteiger partial charge in [-0.25, -0.2) is 9.78 Å². The maximum absolute atomic E-state index is 13.1. The summed E-state index contributed by atoms with van der Waals surface area (Å²) in [5.74, 6) is -0.725. The quantitative estimate of drug-likeness (QED) is 0.157. The summed E-state index contributed by atoms with van der Waals surface area (Å²) >= 11 is 0. The van der Waals surface area contributed by atoms with Crippen molar-refractivity contribution in [1.82, 2.24) is 30.8 Å². The predicted octanol–water partition coefficient (Wildman–Crippen LogP) is 3.51. The molecular weight excluding hydrogens is 500 g/mol. The normalized spacial score (nSPS) is 15.6. The number of unbranched alkanes of at least 4 members (excludes halogenated alkanes) is 9. The number of hydrogen-bond donors (Lipinski definition) is 5. The number of imidazole rings is 1. The Morgan fingerprint density at radius 3 is 2.31 bits per heavy atom. The zero-order valence-corrected chi connectivity index (χ0v) is 23.5. The van der Waals surface area contributed by atoms with E-state index in [0.29, 0.717) is 51.0 Å². The van der Waals surface area contributed by atoms with E-state index in [1.54, 1.807) is 0 Å². The first-order valence-electron chi connectivity index (χ1n) is 14.7. The summed E-state index contributed by atoms with van der Waals surface area (Å²) in [4.78, 5) is 57.5. The van der Waals surface area contributed by atoms with Crippen LogP contribution in [0.3, 0.4) is 0 Å². The summed E-state index contributed by atoms with van der Waals surface area (Å²) in [6.45, 7) is 3.65. The second-order valence-electron chi connectivity index (χ2n) is 10.4. The lowest BCUT2D eigenvalue weighted by Crippen LogP contribution is -2.54. The summed E-state index contributed by atoms with van der Waals surface area (Å²) in [7, 11) is 0. The van der Waals surface area contributed by atoms with Gasteiger partial charge in [-0.1, -0.05) is 64.7 Å². The molecule has 0 saturated carbocycles. The van der Waals surface area contributed by atoms with Crippen molar-refractivity contribution < 1.29 is 24.3 Å². The molecule has 0 bridgehead atoms. The molecule has 11 nitrogen and oxygen atoms in total. The number of likely N-dealkylation sites (tertiary alicyclic amines) is 1. The van der Waals surface area contributed by atoms with Crippen molar-refractivity contribution in [3.63, 3.8) is 0 Å². The maximum atomic E-state index is 13.1. The van der Waals surface area contributed by atoms with E-state index < -0.39 is 24.1 Å². The van der Waals surface area contributed by atoms with Crippen molar-refractivity contribution in [1.29, 1.82) is 0 Å². The number of hydrogen-bond acceptors (Lipinski definition) is 5. The van der Waals surface area contributed by atoms with Crippen LogP contribution < -0.4 is 16.0 Å². The van der Waals surface area contributed by atoms with E-state index in [9.17, 15) is 24.3 Å². The molecule has 1 aromatic rings. The highest BCUT2D eigenvalue weighted by molar-refractivity contribution is 5.91. The van der Waals surface area contributed by atoms with Crippen LogP contribution in [0.5, 0.6) is 0 Å². The molecule has 2 rings (SSSR count). The smallest absolute Gasteiger partial charge is 0.405 e. The number of carboxylic acid groups (broad SMARTS) is 1. The SMILES string of the molecule is CCCCCCCCCCCCNC(=O)CCCNC(=O)[C@@H]1CCCN1C(=O)[C@H](Cc1cnc[nH]1)NC(=O)O. The van der Waals surface area contributed by atoms with Crippen molar-refractivity contribution in [2.24, 2.45) is 0 Å². The Kier molecular flexibility index (Phi) is 15.7. The molecule has 4 amide bonds. The summed E-state index contributed by atoms with van der Waals surface area (Å²) in [5.41, 5.74) is 0.619. The van der Waals surface area contributed by atoms with Crippen LogP contribution in [0.2, 0.25) is 0 Å². The Morgan fingerprint density at radius 1 is 1.00 bits per heavy atom. The predicted molar refractivity (Wildman–Crippen MR) is 149 cm³/mol. The average molecular weight is 549 g/mol. The minimum absolute atomic E-state index is 0.0146. The molecular formula is C28H48N6O5. The van der Waals surface area contributed by atoms with E-state index in [1.165, 1.54) is 68.8 Å². The van der Waals surface area contributed by atoms with Gasteiger partial charge in [0.05, 0.1) is 6.33 Å². The molecule has 1 aliphatic rings. The summed E-state index contributed by atoms with van der Waals surface area (Å²) in [5, 5.41) is 17.2. The van der Waals surface area contributed by atoms with Crippen molar-refractivity contribution in [2.75, 3.05) is 19.6 Å². The lowest BCUT2D eigenvalue weighted by molar-refractivity contribution is -0.139. The molecule has 1 saturated heterocycles. The minimum atomic E-state index is -1.31. The third-order valence-electron chi connectivity index (χ3n) is 7.15. The Morgan fingerprint density at radius 2 is 1.67 bits per heavy atom. The first-order valence-corrected chi connectivity index (χ1v) is 14.7. The van der Waals surface area contributed by atoms with Crippen LogP contribution >= 0.6 is 0 Å². The van der Waals surface area contributed by atoms with E-state index in [2.05, 4.69) is 32.8 Å². The fraction of sp³-hybridized carbons (Fsp3) is 0.750. The van der Waals surface area contributed by atoms with Crippen molar-refractivity contribution in [3.05, 3.63) is 18.2 Å². The minimum Gasteiger partial charge on any atom is -0.465 e. The standard InChI is InChI=1S/C28H48N6O5/c1-2-3-4-5-6-7-8-9-10-11-16-30-25(35)15-12-17-31-26(36)24-14-13-18-34(24)27(37)23(33-28(38)39)19-22-20-29-21-32-22/h20-21,23-24,33H,2-19H2,1H3,(H,29,32)(H,30,35)(H,31,36)(H,38,39)/t23-,24-/m0/s1. The first kappa shape index (κ1) is 32.1. The van der Waals surface area contributed by atoms with Gasteiger partial charge in [0.25, 0.3) is 0 Å². The van der Waals surface area contributed by atoms with Crippen molar-refractivity contribution in [3.8, 4) is 0 Å². The average Bonchev–Trinajstić information content (AvgIpc) is 3.61. The molecule has 0 aliphatic carbocycles. The van der Waals surface area contributed by atoms with Gasteiger partial charge in [0.15, 0.2) is 0 Å². The second-order valence-corrected chi connectivity index (χ2v) is 10.4. The van der Waals surface area contributed by atoms with Crippen molar-refractivity contribution in [2.45, 2.75) is 115 Å². The monoisotopic (exact) mass is 548 g/mol. The van der Waals surface area contributed by atoms with Gasteiger partial charge in [-0.15, -0.1) is 0 Å². The molecule has 11 heteroatoms. The molecule has 0 spiro atoms. The summed E-state index contributed by atoms with van der Waals surface area (Å²) in [6, 6.07) is -1.67. The zero-order valence-electron chi connectivity index (χ0n) is 23.5. The fourth-order valence-electron chi connectivity index (χ4n) is 4.98. The number of amides is 4. The number of carbonyl (C=O) groups is 4. The lowest BCUT2D eigenvalue weighted by Gasteiger charge is -2.28. The van der Waals surface area contributed by atoms with E-state index in [-0.39, 0.29) is 18.2 Å². The molecule has 1 aromatic heterocycles. The van der Waals surface area contributed by atoms with Gasteiger partial charge in [0.2, 0.25) is 17.7 Å². The number of nitrogens with zero attached hydrogens (tertiary/aromatic N) is 2. The summed E-state index contributed by atoms with van der Waals surface area (Å²) < 4.78 is 0. The maximum Gasteiger partial charge on any atom is 0.405 e. The van der Waals surface area contributed by atoms with Crippen LogP contribution in [0.1, 0.15) is 103 Å². The molecule has 1 aliphatic heterocycles. The fourth-order valence-corrected chi connectivity index (χ4v) is 4.98. The molecule has 1 fully saturated rings.